The molecule has 1 fully saturated rings. The number of benzene rings is 1. The van der Waals surface area contributed by atoms with E-state index in [4.69, 9.17) is 9.47 Å². The van der Waals surface area contributed by atoms with E-state index in [0.29, 0.717) is 13.0 Å². The number of amides is 1. The highest BCUT2D eigenvalue weighted by molar-refractivity contribution is 5.85. The predicted molar refractivity (Wildman–Crippen MR) is 152 cm³/mol. The third kappa shape index (κ3) is 12.4. The van der Waals surface area contributed by atoms with Crippen molar-refractivity contribution >= 4 is 17.8 Å². The fourth-order valence-electron chi connectivity index (χ4n) is 5.51. The maximum absolute atomic E-state index is 12.8. The van der Waals surface area contributed by atoms with Gasteiger partial charge in [-0.25, -0.2) is 4.79 Å². The van der Waals surface area contributed by atoms with Crippen molar-refractivity contribution in [2.45, 2.75) is 135 Å². The highest BCUT2D eigenvalue weighted by Gasteiger charge is 2.37. The zero-order valence-electron chi connectivity index (χ0n) is 24.0. The van der Waals surface area contributed by atoms with Gasteiger partial charge in [0.15, 0.2) is 0 Å². The molecule has 6 nitrogen and oxygen atoms in total. The number of ketones is 1. The molecule has 1 aromatic carbocycles. The number of carbonyl (C=O) groups excluding carboxylic acids is 3. The van der Waals surface area contributed by atoms with Gasteiger partial charge in [0.25, 0.3) is 0 Å². The minimum atomic E-state index is -0.523. The van der Waals surface area contributed by atoms with Gasteiger partial charge >= 0.3 is 12.1 Å². The second-order valence-corrected chi connectivity index (χ2v) is 10.8. The molecule has 2 atom stereocenters. The van der Waals surface area contributed by atoms with Crippen molar-refractivity contribution in [3.63, 3.8) is 0 Å². The molecular formula is C32H51NO5. The first-order valence-electron chi connectivity index (χ1n) is 15.2. The number of nitrogens with zero attached hydrogens (tertiary/aromatic N) is 1. The number of Topliss-reactive ketones (excluding diaryl/α,β-unsaturated/α-hetero) is 1. The van der Waals surface area contributed by atoms with Crippen LogP contribution in [0.2, 0.25) is 0 Å². The van der Waals surface area contributed by atoms with E-state index in [0.717, 1.165) is 44.1 Å². The molecule has 38 heavy (non-hydrogen) atoms. The van der Waals surface area contributed by atoms with E-state index < -0.39 is 6.09 Å². The molecule has 0 bridgehead atoms. The first-order valence-corrected chi connectivity index (χ1v) is 15.2. The Morgan fingerprint density at radius 3 is 1.97 bits per heavy atom. The number of esters is 1. The van der Waals surface area contributed by atoms with Crippen molar-refractivity contribution in [2.24, 2.45) is 0 Å². The summed E-state index contributed by atoms with van der Waals surface area (Å²) in [4.78, 5) is 39.1. The summed E-state index contributed by atoms with van der Waals surface area (Å²) in [5.74, 6) is -0.686. The topological polar surface area (TPSA) is 72.9 Å². The molecule has 1 amide bonds. The minimum Gasteiger partial charge on any atom is -0.428 e. The van der Waals surface area contributed by atoms with Gasteiger partial charge in [0.2, 0.25) is 6.79 Å². The third-order valence-corrected chi connectivity index (χ3v) is 7.65. The van der Waals surface area contributed by atoms with Gasteiger partial charge in [-0.05, 0) is 38.2 Å². The van der Waals surface area contributed by atoms with Crippen LogP contribution < -0.4 is 0 Å². The third-order valence-electron chi connectivity index (χ3n) is 7.65. The Balaban J connectivity index is 1.58. The molecule has 1 saturated heterocycles. The summed E-state index contributed by atoms with van der Waals surface area (Å²) in [5.41, 5.74) is 0.911. The number of rotatable bonds is 19. The van der Waals surface area contributed by atoms with E-state index in [1.807, 2.05) is 30.3 Å². The molecular weight excluding hydrogens is 478 g/mol. The molecule has 0 aromatic heterocycles. The number of likely N-dealkylation sites (tertiary alicyclic amines) is 1. The van der Waals surface area contributed by atoms with E-state index in [1.54, 1.807) is 11.8 Å². The Kier molecular flexibility index (Phi) is 16.5. The maximum atomic E-state index is 12.8. The number of carbonyl (C=O) groups is 3. The summed E-state index contributed by atoms with van der Waals surface area (Å²) < 4.78 is 10.5. The Bertz CT molecular complexity index is 796. The summed E-state index contributed by atoms with van der Waals surface area (Å²) in [7, 11) is 0. The summed E-state index contributed by atoms with van der Waals surface area (Å²) >= 11 is 0. The second-order valence-electron chi connectivity index (χ2n) is 10.8. The van der Waals surface area contributed by atoms with Crippen LogP contribution in [0.4, 0.5) is 4.79 Å². The highest BCUT2D eigenvalue weighted by Crippen LogP contribution is 2.32. The van der Waals surface area contributed by atoms with Gasteiger partial charge in [0, 0.05) is 19.0 Å². The molecule has 6 heteroatoms. The second kappa shape index (κ2) is 19.7. The average Bonchev–Trinajstić information content (AvgIpc) is 2.92. The minimum absolute atomic E-state index is 0.0325. The fraction of sp³-hybridized carbons (Fsp3) is 0.719. The smallest absolute Gasteiger partial charge is 0.412 e. The number of hydrogen-bond acceptors (Lipinski definition) is 5. The molecule has 1 aliphatic rings. The van der Waals surface area contributed by atoms with Gasteiger partial charge in [-0.2, -0.15) is 0 Å². The first-order chi connectivity index (χ1) is 18.5. The quantitative estimate of drug-likeness (QED) is 0.102. The summed E-state index contributed by atoms with van der Waals surface area (Å²) in [6, 6.07) is 9.35. The predicted octanol–water partition coefficient (Wildman–Crippen LogP) is 8.33. The SMILES string of the molecule is CCCCCCCCCCCCCCCC(=O)OCOC(=O)N1CCCCC1C(C(C)=O)c1ccccc1. The Morgan fingerprint density at radius 2 is 1.39 bits per heavy atom. The van der Waals surface area contributed by atoms with E-state index in [-0.39, 0.29) is 30.5 Å². The molecule has 214 valence electrons. The van der Waals surface area contributed by atoms with Crippen LogP contribution in [0.25, 0.3) is 0 Å². The van der Waals surface area contributed by atoms with E-state index >= 15 is 0 Å². The van der Waals surface area contributed by atoms with E-state index in [2.05, 4.69) is 6.92 Å². The molecule has 1 heterocycles. The lowest BCUT2D eigenvalue weighted by Crippen LogP contribution is -2.48. The zero-order valence-corrected chi connectivity index (χ0v) is 24.0. The fourth-order valence-corrected chi connectivity index (χ4v) is 5.51. The molecule has 0 aliphatic carbocycles. The lowest BCUT2D eigenvalue weighted by Gasteiger charge is -2.38. The van der Waals surface area contributed by atoms with Gasteiger partial charge in [-0.3, -0.25) is 9.59 Å². The van der Waals surface area contributed by atoms with Gasteiger partial charge < -0.3 is 14.4 Å². The van der Waals surface area contributed by atoms with E-state index in [1.165, 1.54) is 64.2 Å². The molecule has 0 spiro atoms. The zero-order chi connectivity index (χ0) is 27.4. The number of unbranched alkanes of at least 4 members (excludes halogenated alkanes) is 12. The lowest BCUT2D eigenvalue weighted by atomic mass is 9.83. The van der Waals surface area contributed by atoms with Crippen molar-refractivity contribution in [2.75, 3.05) is 13.3 Å². The van der Waals surface area contributed by atoms with Crippen molar-refractivity contribution in [3.05, 3.63) is 35.9 Å². The van der Waals surface area contributed by atoms with Crippen LogP contribution in [0.1, 0.15) is 134 Å². The van der Waals surface area contributed by atoms with Crippen LogP contribution in [0.3, 0.4) is 0 Å². The Hall–Kier alpha value is -2.37. The largest absolute Gasteiger partial charge is 0.428 e. The molecule has 1 aliphatic heterocycles. The van der Waals surface area contributed by atoms with Crippen molar-refractivity contribution in [1.29, 1.82) is 0 Å². The highest BCUT2D eigenvalue weighted by atomic mass is 16.7. The van der Waals surface area contributed by atoms with Crippen LogP contribution in [-0.4, -0.2) is 42.1 Å². The molecule has 2 rings (SSSR count). The van der Waals surface area contributed by atoms with Gasteiger partial charge in [0.05, 0.1) is 5.92 Å². The summed E-state index contributed by atoms with van der Waals surface area (Å²) in [6.45, 7) is 3.99. The molecule has 0 radical (unpaired) electrons. The molecule has 0 saturated carbocycles. The number of ether oxygens (including phenoxy) is 2. The normalized spacial score (nSPS) is 16.2. The van der Waals surface area contributed by atoms with Gasteiger partial charge in [0.1, 0.15) is 5.78 Å². The van der Waals surface area contributed by atoms with Crippen LogP contribution in [0, 0.1) is 0 Å². The number of hydrogen-bond donors (Lipinski definition) is 0. The van der Waals surface area contributed by atoms with Crippen LogP contribution in [0.15, 0.2) is 30.3 Å². The molecule has 2 unspecified atom stereocenters. The molecule has 0 N–H and O–H groups in total. The van der Waals surface area contributed by atoms with Crippen molar-refractivity contribution in [1.82, 2.24) is 4.90 Å². The monoisotopic (exact) mass is 529 g/mol. The standard InChI is InChI=1S/C32H51NO5/c1-3-4-5-6-7-8-9-10-11-12-13-14-18-24-30(35)37-26-38-32(36)33-25-20-19-23-29(33)31(27(2)34)28-21-16-15-17-22-28/h15-17,21-22,29,31H,3-14,18-20,23-26H2,1-2H3. The number of piperidine rings is 1. The maximum Gasteiger partial charge on any atom is 0.412 e. The lowest BCUT2D eigenvalue weighted by molar-refractivity contribution is -0.152. The van der Waals surface area contributed by atoms with Crippen LogP contribution in [-0.2, 0) is 19.1 Å². The molecule has 1 aromatic rings. The van der Waals surface area contributed by atoms with Crippen molar-refractivity contribution < 1.29 is 23.9 Å². The van der Waals surface area contributed by atoms with Gasteiger partial charge in [-0.15, -0.1) is 0 Å². The van der Waals surface area contributed by atoms with Crippen molar-refractivity contribution in [3.8, 4) is 0 Å². The first kappa shape index (κ1) is 31.8. The Morgan fingerprint density at radius 1 is 0.816 bits per heavy atom. The summed E-state index contributed by atoms with van der Waals surface area (Å²) in [5, 5.41) is 0. The van der Waals surface area contributed by atoms with Crippen LogP contribution >= 0.6 is 0 Å². The van der Waals surface area contributed by atoms with Gasteiger partial charge in [-0.1, -0.05) is 114 Å². The van der Waals surface area contributed by atoms with Crippen LogP contribution in [0.5, 0.6) is 0 Å². The average molecular weight is 530 g/mol. The Labute approximate surface area is 230 Å². The van der Waals surface area contributed by atoms with E-state index in [9.17, 15) is 14.4 Å². The summed E-state index contributed by atoms with van der Waals surface area (Å²) in [6.07, 6.45) is 18.7.